The molecule has 0 bridgehead atoms. The Hall–Kier alpha value is -2.73. The van der Waals surface area contributed by atoms with Crippen molar-refractivity contribution < 1.29 is 23.9 Å². The van der Waals surface area contributed by atoms with Gasteiger partial charge in [-0.25, -0.2) is 0 Å². The zero-order valence-electron chi connectivity index (χ0n) is 15.9. The van der Waals surface area contributed by atoms with E-state index in [0.717, 1.165) is 47.4 Å². The third-order valence-electron chi connectivity index (χ3n) is 5.87. The fourth-order valence-electron chi connectivity index (χ4n) is 4.48. The molecule has 1 saturated carbocycles. The van der Waals surface area contributed by atoms with Crippen LogP contribution in [0.15, 0.2) is 0 Å². The van der Waals surface area contributed by atoms with Crippen molar-refractivity contribution in [1.82, 2.24) is 4.90 Å². The third kappa shape index (κ3) is 3.65. The fourth-order valence-corrected chi connectivity index (χ4v) is 5.74. The van der Waals surface area contributed by atoms with Crippen molar-refractivity contribution in [3.63, 3.8) is 0 Å². The molecule has 0 spiro atoms. The minimum atomic E-state index is -0.797. The molecule has 152 valence electrons. The Balaban J connectivity index is 1.30. The van der Waals surface area contributed by atoms with Crippen molar-refractivity contribution >= 4 is 40.0 Å². The lowest BCUT2D eigenvalue weighted by Crippen LogP contribution is -2.37. The number of hydrogen-bond donors (Lipinski definition) is 1. The second-order valence-corrected chi connectivity index (χ2v) is 8.75. The number of aryl methyl sites for hydroxylation is 1. The topological polar surface area (TPSA) is 117 Å². The van der Waals surface area contributed by atoms with Gasteiger partial charge >= 0.3 is 5.97 Å². The molecular weight excluding hydrogens is 394 g/mol. The number of hydrogen-bond acceptors (Lipinski definition) is 7. The Morgan fingerprint density at radius 1 is 1.14 bits per heavy atom. The number of carbonyl (C=O) groups excluding carboxylic acids is 4. The van der Waals surface area contributed by atoms with Crippen LogP contribution in [0.25, 0.3) is 0 Å². The van der Waals surface area contributed by atoms with Gasteiger partial charge in [-0.3, -0.25) is 24.1 Å². The molecule has 0 aromatic carbocycles. The zero-order chi connectivity index (χ0) is 20.5. The van der Waals surface area contributed by atoms with Crippen LogP contribution in [0.3, 0.4) is 0 Å². The molecule has 2 fully saturated rings. The van der Waals surface area contributed by atoms with E-state index in [1.807, 2.05) is 0 Å². The Morgan fingerprint density at radius 2 is 1.83 bits per heavy atom. The molecule has 1 saturated heterocycles. The van der Waals surface area contributed by atoms with Crippen LogP contribution in [0.4, 0.5) is 5.00 Å². The van der Waals surface area contributed by atoms with Gasteiger partial charge in [0.05, 0.1) is 17.4 Å². The van der Waals surface area contributed by atoms with Gasteiger partial charge in [-0.2, -0.15) is 5.26 Å². The molecule has 0 radical (unpaired) electrons. The molecule has 0 unspecified atom stereocenters. The van der Waals surface area contributed by atoms with Gasteiger partial charge < -0.3 is 10.1 Å². The van der Waals surface area contributed by atoms with Crippen LogP contribution < -0.4 is 5.32 Å². The number of likely N-dealkylation sites (tertiary alicyclic amines) is 1. The van der Waals surface area contributed by atoms with Gasteiger partial charge in [0.25, 0.3) is 5.91 Å². The van der Waals surface area contributed by atoms with Crippen LogP contribution in [0, 0.1) is 23.2 Å². The first-order chi connectivity index (χ1) is 14.0. The van der Waals surface area contributed by atoms with Gasteiger partial charge in [0, 0.05) is 4.88 Å². The first kappa shape index (κ1) is 19.6. The molecule has 3 aliphatic rings. The largest absolute Gasteiger partial charge is 0.454 e. The van der Waals surface area contributed by atoms with Crippen molar-refractivity contribution in [3.05, 3.63) is 16.0 Å². The highest BCUT2D eigenvalue weighted by molar-refractivity contribution is 7.16. The number of thiophene rings is 1. The summed E-state index contributed by atoms with van der Waals surface area (Å²) in [7, 11) is 0. The highest BCUT2D eigenvalue weighted by atomic mass is 32.1. The van der Waals surface area contributed by atoms with E-state index in [1.165, 1.54) is 11.3 Å². The van der Waals surface area contributed by atoms with E-state index in [0.29, 0.717) is 23.4 Å². The minimum absolute atomic E-state index is 0.312. The lowest BCUT2D eigenvalue weighted by Gasteiger charge is -2.19. The maximum absolute atomic E-state index is 12.4. The summed E-state index contributed by atoms with van der Waals surface area (Å²) >= 11 is 1.38. The monoisotopic (exact) mass is 415 g/mol. The van der Waals surface area contributed by atoms with Crippen LogP contribution in [0.1, 0.15) is 48.1 Å². The molecule has 9 heteroatoms. The van der Waals surface area contributed by atoms with E-state index >= 15 is 0 Å². The van der Waals surface area contributed by atoms with Crippen LogP contribution in [0.5, 0.6) is 0 Å². The summed E-state index contributed by atoms with van der Waals surface area (Å²) in [5.74, 6) is -2.62. The van der Waals surface area contributed by atoms with Crippen molar-refractivity contribution in [2.45, 2.75) is 44.9 Å². The molecule has 2 atom stereocenters. The first-order valence-electron chi connectivity index (χ1n) is 9.85. The summed E-state index contributed by atoms with van der Waals surface area (Å²) in [5.41, 5.74) is 1.48. The number of imide groups is 1. The van der Waals surface area contributed by atoms with E-state index in [9.17, 15) is 24.4 Å². The van der Waals surface area contributed by atoms with E-state index < -0.39 is 25.0 Å². The number of fused-ring (bicyclic) bond motifs is 2. The molecule has 2 heterocycles. The van der Waals surface area contributed by atoms with Crippen LogP contribution >= 0.6 is 11.3 Å². The predicted molar refractivity (Wildman–Crippen MR) is 103 cm³/mol. The van der Waals surface area contributed by atoms with E-state index in [-0.39, 0.29) is 23.7 Å². The molecule has 1 aromatic rings. The number of amides is 3. The summed E-state index contributed by atoms with van der Waals surface area (Å²) in [6.45, 7) is -0.996. The number of nitriles is 1. The number of esters is 1. The molecular formula is C20H21N3O5S. The summed E-state index contributed by atoms with van der Waals surface area (Å²) in [6.07, 6.45) is 5.92. The van der Waals surface area contributed by atoms with Gasteiger partial charge in [-0.1, -0.05) is 12.8 Å². The second-order valence-electron chi connectivity index (χ2n) is 7.64. The van der Waals surface area contributed by atoms with Gasteiger partial charge in [-0.05, 0) is 37.7 Å². The van der Waals surface area contributed by atoms with Gasteiger partial charge in [-0.15, -0.1) is 11.3 Å². The third-order valence-corrected chi connectivity index (χ3v) is 7.08. The molecule has 4 rings (SSSR count). The molecule has 3 amide bonds. The smallest absolute Gasteiger partial charge is 0.326 e. The molecule has 1 aliphatic heterocycles. The van der Waals surface area contributed by atoms with Crippen molar-refractivity contribution in [2.24, 2.45) is 11.8 Å². The molecule has 1 N–H and O–H groups in total. The SMILES string of the molecule is N#Cc1c(NC(=O)COC(=O)CN2C(=O)[C@H]3CCCC[C@@H]3C2=O)sc2c1CCC2. The Kier molecular flexibility index (Phi) is 5.37. The number of nitrogens with one attached hydrogen (secondary N) is 1. The normalized spacial score (nSPS) is 22.8. The number of nitrogens with zero attached hydrogens (tertiary/aromatic N) is 2. The van der Waals surface area contributed by atoms with E-state index in [4.69, 9.17) is 4.74 Å². The second kappa shape index (κ2) is 7.95. The first-order valence-corrected chi connectivity index (χ1v) is 10.7. The molecule has 2 aliphatic carbocycles. The van der Waals surface area contributed by atoms with Crippen molar-refractivity contribution in [3.8, 4) is 6.07 Å². The van der Waals surface area contributed by atoms with Crippen LogP contribution in [0.2, 0.25) is 0 Å². The Morgan fingerprint density at radius 3 is 2.48 bits per heavy atom. The number of carbonyl (C=O) groups is 4. The van der Waals surface area contributed by atoms with E-state index in [1.54, 1.807) is 0 Å². The summed E-state index contributed by atoms with van der Waals surface area (Å²) in [4.78, 5) is 51.1. The van der Waals surface area contributed by atoms with Crippen molar-refractivity contribution in [2.75, 3.05) is 18.5 Å². The summed E-state index contributed by atoms with van der Waals surface area (Å²) in [5, 5.41) is 12.5. The van der Waals surface area contributed by atoms with Gasteiger partial charge in [0.2, 0.25) is 11.8 Å². The predicted octanol–water partition coefficient (Wildman–Crippen LogP) is 1.77. The standard InChI is InChI=1S/C20H21N3O5S/c21-8-14-11-6-3-7-15(11)29-18(14)22-16(24)10-28-17(25)9-23-19(26)12-4-1-2-5-13(12)20(23)27/h12-13H,1-7,9-10H2,(H,22,24)/t12-,13-/m0/s1. The number of ether oxygens (including phenoxy) is 1. The highest BCUT2D eigenvalue weighted by Crippen LogP contribution is 2.39. The van der Waals surface area contributed by atoms with E-state index in [2.05, 4.69) is 11.4 Å². The maximum Gasteiger partial charge on any atom is 0.326 e. The van der Waals surface area contributed by atoms with Gasteiger partial charge in [0.15, 0.2) is 6.61 Å². The average molecular weight is 415 g/mol. The van der Waals surface area contributed by atoms with Crippen LogP contribution in [-0.2, 0) is 36.8 Å². The Labute approximate surface area is 171 Å². The zero-order valence-corrected chi connectivity index (χ0v) is 16.7. The van der Waals surface area contributed by atoms with Crippen molar-refractivity contribution in [1.29, 1.82) is 5.26 Å². The average Bonchev–Trinajstić information content (AvgIpc) is 3.35. The number of rotatable bonds is 5. The number of anilines is 1. The summed E-state index contributed by atoms with van der Waals surface area (Å²) < 4.78 is 4.96. The van der Waals surface area contributed by atoms with Gasteiger partial charge in [0.1, 0.15) is 17.6 Å². The molecule has 8 nitrogen and oxygen atoms in total. The summed E-state index contributed by atoms with van der Waals surface area (Å²) in [6, 6.07) is 2.13. The quantitative estimate of drug-likeness (QED) is 0.579. The maximum atomic E-state index is 12.4. The fraction of sp³-hybridized carbons (Fsp3) is 0.550. The molecule has 29 heavy (non-hydrogen) atoms. The van der Waals surface area contributed by atoms with Crippen LogP contribution in [-0.4, -0.2) is 41.7 Å². The lowest BCUT2D eigenvalue weighted by molar-refractivity contribution is -0.154. The minimum Gasteiger partial charge on any atom is -0.454 e. The highest BCUT2D eigenvalue weighted by Gasteiger charge is 2.48. The lowest BCUT2D eigenvalue weighted by atomic mass is 9.81. The Bertz CT molecular complexity index is 907. The molecule has 1 aromatic heterocycles.